The standard InChI is InChI=1S/C13H15BrN2O/c1-9(2)12(8-15)13(17)16(3)11-6-4-10(14)5-7-11/h4-7,9,12H,1-3H3. The molecule has 3 nitrogen and oxygen atoms in total. The third-order valence-electron chi connectivity index (χ3n) is 2.62. The van der Waals surface area contributed by atoms with Crippen molar-refractivity contribution in [3.8, 4) is 6.07 Å². The molecule has 1 aromatic carbocycles. The van der Waals surface area contributed by atoms with Crippen molar-refractivity contribution >= 4 is 27.5 Å². The normalized spacial score (nSPS) is 12.0. The second kappa shape index (κ2) is 5.83. The molecule has 0 heterocycles. The Hall–Kier alpha value is -1.34. The summed E-state index contributed by atoms with van der Waals surface area (Å²) in [7, 11) is 1.69. The number of hydrogen-bond donors (Lipinski definition) is 0. The van der Waals surface area contributed by atoms with E-state index in [2.05, 4.69) is 22.0 Å². The van der Waals surface area contributed by atoms with Crippen molar-refractivity contribution in [3.05, 3.63) is 28.7 Å². The van der Waals surface area contributed by atoms with Crippen LogP contribution < -0.4 is 4.90 Å². The first-order valence-electron chi connectivity index (χ1n) is 5.40. The topological polar surface area (TPSA) is 44.1 Å². The summed E-state index contributed by atoms with van der Waals surface area (Å²) in [6, 6.07) is 9.49. The van der Waals surface area contributed by atoms with Gasteiger partial charge in [-0.1, -0.05) is 29.8 Å². The molecule has 0 saturated carbocycles. The van der Waals surface area contributed by atoms with E-state index in [4.69, 9.17) is 5.26 Å². The van der Waals surface area contributed by atoms with Gasteiger partial charge in [0.25, 0.3) is 0 Å². The van der Waals surface area contributed by atoms with Crippen molar-refractivity contribution in [2.45, 2.75) is 13.8 Å². The molecule has 0 bridgehead atoms. The largest absolute Gasteiger partial charge is 0.314 e. The molecule has 90 valence electrons. The minimum absolute atomic E-state index is 0.0189. The first kappa shape index (κ1) is 13.7. The highest BCUT2D eigenvalue weighted by Crippen LogP contribution is 2.21. The number of hydrogen-bond acceptors (Lipinski definition) is 2. The SMILES string of the molecule is CC(C)C(C#N)C(=O)N(C)c1ccc(Br)cc1. The molecule has 0 aliphatic heterocycles. The summed E-state index contributed by atoms with van der Waals surface area (Å²) in [6.45, 7) is 3.75. The lowest BCUT2D eigenvalue weighted by Crippen LogP contribution is -2.34. The lowest BCUT2D eigenvalue weighted by Gasteiger charge is -2.22. The number of amides is 1. The lowest BCUT2D eigenvalue weighted by molar-refractivity contribution is -0.121. The van der Waals surface area contributed by atoms with Crippen molar-refractivity contribution in [1.82, 2.24) is 0 Å². The average molecular weight is 295 g/mol. The van der Waals surface area contributed by atoms with Crippen molar-refractivity contribution in [3.63, 3.8) is 0 Å². The van der Waals surface area contributed by atoms with E-state index in [1.165, 1.54) is 4.90 Å². The van der Waals surface area contributed by atoms with Crippen LogP contribution in [0.3, 0.4) is 0 Å². The van der Waals surface area contributed by atoms with Gasteiger partial charge in [0, 0.05) is 17.2 Å². The zero-order chi connectivity index (χ0) is 13.0. The summed E-state index contributed by atoms with van der Waals surface area (Å²) in [5.74, 6) is -0.737. The van der Waals surface area contributed by atoms with Gasteiger partial charge in [-0.2, -0.15) is 5.26 Å². The Morgan fingerprint density at radius 1 is 1.35 bits per heavy atom. The monoisotopic (exact) mass is 294 g/mol. The van der Waals surface area contributed by atoms with Crippen LogP contribution in [0, 0.1) is 23.2 Å². The molecule has 0 aliphatic carbocycles. The van der Waals surface area contributed by atoms with E-state index < -0.39 is 5.92 Å². The van der Waals surface area contributed by atoms with Crippen LogP contribution in [0.5, 0.6) is 0 Å². The Morgan fingerprint density at radius 3 is 2.29 bits per heavy atom. The second-order valence-corrected chi connectivity index (χ2v) is 5.14. The lowest BCUT2D eigenvalue weighted by atomic mass is 9.96. The molecule has 0 radical (unpaired) electrons. The molecule has 0 fully saturated rings. The summed E-state index contributed by atoms with van der Waals surface area (Å²) in [5, 5.41) is 9.00. The van der Waals surface area contributed by atoms with Crippen LogP contribution in [0.4, 0.5) is 5.69 Å². The third-order valence-corrected chi connectivity index (χ3v) is 3.14. The van der Waals surface area contributed by atoms with Crippen molar-refractivity contribution < 1.29 is 4.79 Å². The highest BCUT2D eigenvalue weighted by atomic mass is 79.9. The van der Waals surface area contributed by atoms with Crippen molar-refractivity contribution in [2.75, 3.05) is 11.9 Å². The van der Waals surface area contributed by atoms with Gasteiger partial charge in [0.1, 0.15) is 5.92 Å². The van der Waals surface area contributed by atoms with E-state index in [0.717, 1.165) is 10.2 Å². The minimum atomic E-state index is -0.594. The van der Waals surface area contributed by atoms with Gasteiger partial charge >= 0.3 is 0 Å². The molecule has 0 spiro atoms. The van der Waals surface area contributed by atoms with Crippen LogP contribution in [-0.2, 0) is 4.79 Å². The fraction of sp³-hybridized carbons (Fsp3) is 0.385. The number of rotatable bonds is 3. The molecule has 1 amide bonds. The molecular weight excluding hydrogens is 280 g/mol. The van der Waals surface area contributed by atoms with Crippen molar-refractivity contribution in [1.29, 1.82) is 5.26 Å². The van der Waals surface area contributed by atoms with Gasteiger partial charge < -0.3 is 4.90 Å². The fourth-order valence-electron chi connectivity index (χ4n) is 1.49. The first-order chi connectivity index (χ1) is 7.97. The molecule has 17 heavy (non-hydrogen) atoms. The predicted molar refractivity (Wildman–Crippen MR) is 71.5 cm³/mol. The highest BCUT2D eigenvalue weighted by molar-refractivity contribution is 9.10. The molecule has 1 rings (SSSR count). The van der Waals surface area contributed by atoms with Gasteiger partial charge in [0.2, 0.25) is 5.91 Å². The first-order valence-corrected chi connectivity index (χ1v) is 6.19. The minimum Gasteiger partial charge on any atom is -0.314 e. The number of halogens is 1. The Kier molecular flexibility index (Phi) is 4.71. The van der Waals surface area contributed by atoms with Crippen LogP contribution >= 0.6 is 15.9 Å². The molecular formula is C13H15BrN2O. The number of nitrogens with zero attached hydrogens (tertiary/aromatic N) is 2. The molecule has 4 heteroatoms. The molecule has 0 aliphatic rings. The van der Waals surface area contributed by atoms with Gasteiger partial charge in [-0.3, -0.25) is 4.79 Å². The number of benzene rings is 1. The molecule has 1 atom stereocenters. The maximum absolute atomic E-state index is 12.1. The molecule has 0 aromatic heterocycles. The van der Waals surface area contributed by atoms with Gasteiger partial charge in [0.15, 0.2) is 0 Å². The van der Waals surface area contributed by atoms with E-state index in [1.807, 2.05) is 38.1 Å². The summed E-state index contributed by atoms with van der Waals surface area (Å²) >= 11 is 3.34. The number of carbonyl (C=O) groups is 1. The molecule has 0 N–H and O–H groups in total. The summed E-state index contributed by atoms with van der Waals surface area (Å²) in [6.07, 6.45) is 0. The average Bonchev–Trinajstić information content (AvgIpc) is 2.29. The van der Waals surface area contributed by atoms with Crippen LogP contribution in [0.2, 0.25) is 0 Å². The Morgan fingerprint density at radius 2 is 1.88 bits per heavy atom. The molecule has 1 aromatic rings. The van der Waals surface area contributed by atoms with E-state index in [-0.39, 0.29) is 11.8 Å². The second-order valence-electron chi connectivity index (χ2n) is 4.22. The fourth-order valence-corrected chi connectivity index (χ4v) is 1.75. The predicted octanol–water partition coefficient (Wildman–Crippen LogP) is 3.21. The smallest absolute Gasteiger partial charge is 0.244 e. The zero-order valence-electron chi connectivity index (χ0n) is 10.1. The quantitative estimate of drug-likeness (QED) is 0.859. The summed E-state index contributed by atoms with van der Waals surface area (Å²) in [5.41, 5.74) is 0.791. The Bertz CT molecular complexity index is 434. The number of carbonyl (C=O) groups excluding carboxylic acids is 1. The zero-order valence-corrected chi connectivity index (χ0v) is 11.7. The maximum atomic E-state index is 12.1. The highest BCUT2D eigenvalue weighted by Gasteiger charge is 2.25. The van der Waals surface area contributed by atoms with E-state index in [1.54, 1.807) is 7.05 Å². The van der Waals surface area contributed by atoms with Gasteiger partial charge in [0.05, 0.1) is 6.07 Å². The Labute approximate surface area is 110 Å². The van der Waals surface area contributed by atoms with Crippen LogP contribution in [0.1, 0.15) is 13.8 Å². The van der Waals surface area contributed by atoms with Crippen molar-refractivity contribution in [2.24, 2.45) is 11.8 Å². The van der Waals surface area contributed by atoms with Crippen LogP contribution in [-0.4, -0.2) is 13.0 Å². The molecule has 0 saturated heterocycles. The van der Waals surface area contributed by atoms with Gasteiger partial charge in [-0.25, -0.2) is 0 Å². The van der Waals surface area contributed by atoms with Gasteiger partial charge in [-0.05, 0) is 30.2 Å². The van der Waals surface area contributed by atoms with Gasteiger partial charge in [-0.15, -0.1) is 0 Å². The maximum Gasteiger partial charge on any atom is 0.244 e. The van der Waals surface area contributed by atoms with Crippen LogP contribution in [0.15, 0.2) is 28.7 Å². The van der Waals surface area contributed by atoms with Crippen LogP contribution in [0.25, 0.3) is 0 Å². The molecule has 1 unspecified atom stereocenters. The summed E-state index contributed by atoms with van der Waals surface area (Å²) in [4.78, 5) is 13.6. The Balaban J connectivity index is 2.90. The third kappa shape index (κ3) is 3.31. The number of nitriles is 1. The van der Waals surface area contributed by atoms with E-state index >= 15 is 0 Å². The summed E-state index contributed by atoms with van der Waals surface area (Å²) < 4.78 is 0.961. The van der Waals surface area contributed by atoms with E-state index in [0.29, 0.717) is 0 Å². The number of anilines is 1. The van der Waals surface area contributed by atoms with E-state index in [9.17, 15) is 4.79 Å².